The molecule has 1 aliphatic carbocycles. The summed E-state index contributed by atoms with van der Waals surface area (Å²) in [6.07, 6.45) is 33.5. The van der Waals surface area contributed by atoms with Crippen molar-refractivity contribution >= 4 is 0 Å². The molecule has 0 heteroatoms. The van der Waals surface area contributed by atoms with E-state index in [9.17, 15) is 0 Å². The maximum Gasteiger partial charge on any atom is -0.0101 e. The molecule has 0 spiro atoms. The van der Waals surface area contributed by atoms with Gasteiger partial charge in [0.2, 0.25) is 0 Å². The van der Waals surface area contributed by atoms with Crippen LogP contribution in [0, 0.1) is 0 Å². The molecule has 26 heavy (non-hydrogen) atoms. The van der Waals surface area contributed by atoms with Crippen molar-refractivity contribution in [3.8, 4) is 0 Å². The summed E-state index contributed by atoms with van der Waals surface area (Å²) in [6.45, 7) is 6.17. The maximum atomic E-state index is 3.87. The molecule has 0 nitrogen and oxygen atoms in total. The average Bonchev–Trinajstić information content (AvgIpc) is 3.09. The first kappa shape index (κ1) is 23.3. The maximum absolute atomic E-state index is 3.87. The molecule has 1 rings (SSSR count). The van der Waals surface area contributed by atoms with E-state index in [1.807, 2.05) is 6.08 Å². The third-order valence-corrected chi connectivity index (χ3v) is 5.80. The van der Waals surface area contributed by atoms with Crippen LogP contribution in [0.25, 0.3) is 0 Å². The van der Waals surface area contributed by atoms with Crippen molar-refractivity contribution in [1.29, 1.82) is 0 Å². The van der Waals surface area contributed by atoms with Gasteiger partial charge in [-0.25, -0.2) is 0 Å². The summed E-state index contributed by atoms with van der Waals surface area (Å²) in [5.41, 5.74) is 3.15. The molecular formula is C26H46. The topological polar surface area (TPSA) is 0 Å². The fourth-order valence-electron chi connectivity index (χ4n) is 4.10. The van der Waals surface area contributed by atoms with E-state index >= 15 is 0 Å². The second-order valence-corrected chi connectivity index (χ2v) is 8.24. The van der Waals surface area contributed by atoms with Crippen molar-refractivity contribution in [2.75, 3.05) is 0 Å². The Morgan fingerprint density at radius 1 is 0.654 bits per heavy atom. The molecule has 0 saturated carbocycles. The molecule has 0 fully saturated rings. The first-order valence-electron chi connectivity index (χ1n) is 11.9. The summed E-state index contributed by atoms with van der Waals surface area (Å²) in [5, 5.41) is 0. The van der Waals surface area contributed by atoms with Gasteiger partial charge in [-0.05, 0) is 36.8 Å². The molecule has 1 aliphatic rings. The number of hydrogen-bond donors (Lipinski definition) is 0. The van der Waals surface area contributed by atoms with E-state index in [1.54, 1.807) is 11.1 Å². The van der Waals surface area contributed by atoms with Crippen LogP contribution in [0.15, 0.2) is 36.0 Å². The first-order valence-corrected chi connectivity index (χ1v) is 11.9. The van der Waals surface area contributed by atoms with Gasteiger partial charge in [0.15, 0.2) is 0 Å². The zero-order valence-electron chi connectivity index (χ0n) is 17.9. The number of rotatable bonds is 19. The zero-order valence-corrected chi connectivity index (χ0v) is 17.9. The van der Waals surface area contributed by atoms with Crippen LogP contribution in [-0.4, -0.2) is 0 Å². The van der Waals surface area contributed by atoms with Crippen LogP contribution in [0.4, 0.5) is 0 Å². The highest BCUT2D eigenvalue weighted by atomic mass is 14.1. The molecule has 0 aromatic rings. The number of allylic oxidation sites excluding steroid dienone is 5. The monoisotopic (exact) mass is 358 g/mol. The van der Waals surface area contributed by atoms with Gasteiger partial charge in [0, 0.05) is 0 Å². The predicted molar refractivity (Wildman–Crippen MR) is 120 cm³/mol. The molecule has 0 radical (unpaired) electrons. The van der Waals surface area contributed by atoms with Gasteiger partial charge < -0.3 is 0 Å². The van der Waals surface area contributed by atoms with Crippen LogP contribution in [0.5, 0.6) is 0 Å². The van der Waals surface area contributed by atoms with Crippen LogP contribution in [-0.2, 0) is 0 Å². The van der Waals surface area contributed by atoms with Gasteiger partial charge in [-0.3, -0.25) is 0 Å². The largest absolute Gasteiger partial charge is 0.103 e. The minimum Gasteiger partial charge on any atom is -0.103 e. The van der Waals surface area contributed by atoms with Crippen LogP contribution < -0.4 is 0 Å². The normalized spacial score (nSPS) is 13.7. The second kappa shape index (κ2) is 17.6. The van der Waals surface area contributed by atoms with Gasteiger partial charge in [0.05, 0.1) is 0 Å². The fraction of sp³-hybridized carbons (Fsp3) is 0.769. The van der Waals surface area contributed by atoms with Crippen LogP contribution in [0.1, 0.15) is 129 Å². The SMILES string of the molecule is C=CCC1=CCC=C1CCCCCCCCCCCCCCCCCC. The summed E-state index contributed by atoms with van der Waals surface area (Å²) in [6, 6.07) is 0. The number of unbranched alkanes of at least 4 members (excludes halogenated alkanes) is 15. The lowest BCUT2D eigenvalue weighted by atomic mass is 9.99. The second-order valence-electron chi connectivity index (χ2n) is 8.24. The van der Waals surface area contributed by atoms with Crippen molar-refractivity contribution in [3.05, 3.63) is 36.0 Å². The smallest absolute Gasteiger partial charge is 0.0101 e. The molecule has 0 atom stereocenters. The van der Waals surface area contributed by atoms with E-state index in [1.165, 1.54) is 109 Å². The Balaban J connectivity index is 1.76. The Hall–Kier alpha value is -0.780. The molecule has 0 unspecified atom stereocenters. The molecule has 0 aromatic heterocycles. The fourth-order valence-corrected chi connectivity index (χ4v) is 4.10. The van der Waals surface area contributed by atoms with E-state index in [4.69, 9.17) is 0 Å². The summed E-state index contributed by atoms with van der Waals surface area (Å²) >= 11 is 0. The van der Waals surface area contributed by atoms with Crippen LogP contribution >= 0.6 is 0 Å². The Labute approximate surface area is 165 Å². The van der Waals surface area contributed by atoms with E-state index < -0.39 is 0 Å². The summed E-state index contributed by atoms with van der Waals surface area (Å²) in [4.78, 5) is 0. The molecule has 0 bridgehead atoms. The lowest BCUT2D eigenvalue weighted by Gasteiger charge is -2.07. The quantitative estimate of drug-likeness (QED) is 0.159. The summed E-state index contributed by atoms with van der Waals surface area (Å²) in [7, 11) is 0. The average molecular weight is 359 g/mol. The minimum atomic E-state index is 1.06. The molecule has 0 aliphatic heterocycles. The third kappa shape index (κ3) is 12.6. The molecule has 0 aromatic carbocycles. The highest BCUT2D eigenvalue weighted by Gasteiger charge is 2.07. The Morgan fingerprint density at radius 2 is 1.08 bits per heavy atom. The Kier molecular flexibility index (Phi) is 15.8. The lowest BCUT2D eigenvalue weighted by Crippen LogP contribution is -1.87. The zero-order chi connectivity index (χ0) is 18.7. The van der Waals surface area contributed by atoms with E-state index in [0.29, 0.717) is 0 Å². The Bertz CT molecular complexity index is 385. The lowest BCUT2D eigenvalue weighted by molar-refractivity contribution is 0.529. The standard InChI is InChI=1S/C26H46/c1-3-5-6-7-8-9-10-11-12-13-14-15-16-17-18-19-22-26-24-20-23-25(26)21-4-2/h4,23-24H,2-3,5-22H2,1H3. The van der Waals surface area contributed by atoms with Crippen molar-refractivity contribution in [2.45, 2.75) is 129 Å². The van der Waals surface area contributed by atoms with Gasteiger partial charge >= 0.3 is 0 Å². The third-order valence-electron chi connectivity index (χ3n) is 5.80. The van der Waals surface area contributed by atoms with E-state index in [2.05, 4.69) is 25.7 Å². The summed E-state index contributed by atoms with van der Waals surface area (Å²) in [5.74, 6) is 0. The molecule has 0 heterocycles. The van der Waals surface area contributed by atoms with Gasteiger partial charge in [-0.2, -0.15) is 0 Å². The molecule has 0 N–H and O–H groups in total. The van der Waals surface area contributed by atoms with Gasteiger partial charge in [0.25, 0.3) is 0 Å². The van der Waals surface area contributed by atoms with E-state index in [-0.39, 0.29) is 0 Å². The van der Waals surface area contributed by atoms with Crippen molar-refractivity contribution in [1.82, 2.24) is 0 Å². The highest BCUT2D eigenvalue weighted by molar-refractivity contribution is 5.38. The molecule has 150 valence electrons. The van der Waals surface area contributed by atoms with Crippen molar-refractivity contribution in [3.63, 3.8) is 0 Å². The highest BCUT2D eigenvalue weighted by Crippen LogP contribution is 2.27. The van der Waals surface area contributed by atoms with E-state index in [0.717, 1.165) is 12.8 Å². The van der Waals surface area contributed by atoms with Gasteiger partial charge in [-0.15, -0.1) is 6.58 Å². The Morgan fingerprint density at radius 3 is 1.54 bits per heavy atom. The first-order chi connectivity index (χ1) is 12.9. The molecule has 0 saturated heterocycles. The van der Waals surface area contributed by atoms with Gasteiger partial charge in [0.1, 0.15) is 0 Å². The van der Waals surface area contributed by atoms with Crippen LogP contribution in [0.3, 0.4) is 0 Å². The predicted octanol–water partition coefficient (Wildman–Crippen LogP) is 9.47. The van der Waals surface area contributed by atoms with Crippen molar-refractivity contribution in [2.24, 2.45) is 0 Å². The van der Waals surface area contributed by atoms with Gasteiger partial charge in [-0.1, -0.05) is 121 Å². The number of hydrogen-bond acceptors (Lipinski definition) is 0. The summed E-state index contributed by atoms with van der Waals surface area (Å²) < 4.78 is 0. The molecule has 0 amide bonds. The van der Waals surface area contributed by atoms with Crippen LogP contribution in [0.2, 0.25) is 0 Å². The minimum absolute atomic E-state index is 1.06. The molecular weight excluding hydrogens is 312 g/mol. The van der Waals surface area contributed by atoms with Crippen molar-refractivity contribution < 1.29 is 0 Å².